The van der Waals surface area contributed by atoms with Gasteiger partial charge in [0.2, 0.25) is 5.91 Å². The van der Waals surface area contributed by atoms with Gasteiger partial charge in [0.1, 0.15) is 5.01 Å². The van der Waals surface area contributed by atoms with Crippen molar-refractivity contribution in [3.63, 3.8) is 0 Å². The molecule has 5 heteroatoms. The molecule has 1 aromatic heterocycles. The van der Waals surface area contributed by atoms with Crippen LogP contribution in [0.2, 0.25) is 0 Å². The van der Waals surface area contributed by atoms with Crippen LogP contribution in [-0.4, -0.2) is 35.0 Å². The van der Waals surface area contributed by atoms with Crippen molar-refractivity contribution in [3.05, 3.63) is 28.2 Å². The van der Waals surface area contributed by atoms with E-state index in [1.807, 2.05) is 11.8 Å². The molecule has 124 valence electrons. The number of allylic oxidation sites excluding steroid dienone is 2. The van der Waals surface area contributed by atoms with E-state index in [1.54, 1.807) is 11.3 Å². The number of hydrogen-bond donors (Lipinski definition) is 0. The van der Waals surface area contributed by atoms with E-state index in [1.165, 1.54) is 6.42 Å². The summed E-state index contributed by atoms with van der Waals surface area (Å²) in [5.41, 5.74) is 1.04. The number of fused-ring (bicyclic) bond motifs is 2. The molecule has 0 aromatic carbocycles. The number of rotatable bonds is 5. The summed E-state index contributed by atoms with van der Waals surface area (Å²) in [6, 6.07) is 0. The van der Waals surface area contributed by atoms with Crippen molar-refractivity contribution in [2.75, 3.05) is 13.2 Å². The van der Waals surface area contributed by atoms with Crippen LogP contribution in [0.15, 0.2) is 17.5 Å². The number of aromatic nitrogens is 1. The van der Waals surface area contributed by atoms with E-state index in [9.17, 15) is 4.79 Å². The van der Waals surface area contributed by atoms with Gasteiger partial charge in [-0.25, -0.2) is 4.98 Å². The van der Waals surface area contributed by atoms with Gasteiger partial charge in [0.15, 0.2) is 0 Å². The maximum atomic E-state index is 13.1. The van der Waals surface area contributed by atoms with Crippen LogP contribution in [0.5, 0.6) is 0 Å². The Kier molecular flexibility index (Phi) is 4.24. The largest absolute Gasteiger partial charge is 0.376 e. The van der Waals surface area contributed by atoms with E-state index in [-0.39, 0.29) is 12.0 Å². The van der Waals surface area contributed by atoms with Gasteiger partial charge >= 0.3 is 0 Å². The number of hydrogen-bond acceptors (Lipinski definition) is 4. The fourth-order valence-electron chi connectivity index (χ4n) is 4.20. The third-order valence-corrected chi connectivity index (χ3v) is 6.30. The number of nitrogens with zero attached hydrogens (tertiary/aromatic N) is 2. The Morgan fingerprint density at radius 3 is 2.96 bits per heavy atom. The van der Waals surface area contributed by atoms with Crippen molar-refractivity contribution in [1.82, 2.24) is 9.88 Å². The minimum absolute atomic E-state index is 0.174. The molecule has 1 aromatic rings. The number of carbonyl (C=O) groups excluding carboxylic acids is 1. The Hall–Kier alpha value is -1.20. The van der Waals surface area contributed by atoms with Gasteiger partial charge in [-0.15, -0.1) is 11.3 Å². The average molecular weight is 332 g/mol. The van der Waals surface area contributed by atoms with Crippen LogP contribution in [-0.2, 0) is 16.1 Å². The second-order valence-electron chi connectivity index (χ2n) is 7.12. The lowest BCUT2D eigenvalue weighted by Crippen LogP contribution is -2.41. The van der Waals surface area contributed by atoms with Crippen molar-refractivity contribution >= 4 is 17.2 Å². The van der Waals surface area contributed by atoms with Crippen LogP contribution in [0.1, 0.15) is 36.4 Å². The van der Waals surface area contributed by atoms with Gasteiger partial charge in [-0.3, -0.25) is 4.79 Å². The number of aryl methyl sites for hydroxylation is 1. The maximum absolute atomic E-state index is 13.1. The highest BCUT2D eigenvalue weighted by atomic mass is 32.1. The summed E-state index contributed by atoms with van der Waals surface area (Å²) in [5.74, 6) is 1.57. The number of amides is 1. The zero-order valence-electron chi connectivity index (χ0n) is 13.6. The van der Waals surface area contributed by atoms with Gasteiger partial charge in [0.25, 0.3) is 0 Å². The van der Waals surface area contributed by atoms with Crippen LogP contribution in [0, 0.1) is 24.7 Å². The van der Waals surface area contributed by atoms with Crippen LogP contribution >= 0.6 is 11.3 Å². The van der Waals surface area contributed by atoms with Gasteiger partial charge < -0.3 is 9.64 Å². The van der Waals surface area contributed by atoms with Gasteiger partial charge in [-0.05, 0) is 44.4 Å². The highest BCUT2D eigenvalue weighted by Gasteiger charge is 2.42. The first-order valence-corrected chi connectivity index (χ1v) is 9.56. The molecule has 0 N–H and O–H groups in total. The lowest BCUT2D eigenvalue weighted by atomic mass is 9.92. The van der Waals surface area contributed by atoms with Crippen molar-refractivity contribution in [3.8, 4) is 0 Å². The van der Waals surface area contributed by atoms with Crippen LogP contribution in [0.25, 0.3) is 0 Å². The number of ether oxygens (including phenoxy) is 1. The van der Waals surface area contributed by atoms with Crippen molar-refractivity contribution < 1.29 is 9.53 Å². The standard InChI is InChI=1S/C18H24N2O2S/c1-12-11-23-17(19-12)10-20(9-15-3-2-6-22-15)18(21)16-8-13-4-5-14(16)7-13/h4-5,11,13-16H,2-3,6-10H2,1H3/t13-,14-,15-,16+/m0/s1. The summed E-state index contributed by atoms with van der Waals surface area (Å²) in [6.45, 7) is 4.19. The summed E-state index contributed by atoms with van der Waals surface area (Å²) < 4.78 is 5.78. The van der Waals surface area contributed by atoms with E-state index < -0.39 is 0 Å². The monoisotopic (exact) mass is 332 g/mol. The summed E-state index contributed by atoms with van der Waals surface area (Å²) in [5, 5.41) is 3.09. The first kappa shape index (κ1) is 15.3. The molecule has 3 aliphatic rings. The Morgan fingerprint density at radius 2 is 2.35 bits per heavy atom. The fraction of sp³-hybridized carbons (Fsp3) is 0.667. The fourth-order valence-corrected chi connectivity index (χ4v) is 4.99. The normalized spacial score (nSPS) is 31.9. The van der Waals surface area contributed by atoms with Crippen molar-refractivity contribution in [1.29, 1.82) is 0 Å². The third-order valence-electron chi connectivity index (χ3n) is 5.35. The van der Waals surface area contributed by atoms with Gasteiger partial charge in [-0.1, -0.05) is 12.2 Å². The van der Waals surface area contributed by atoms with Gasteiger partial charge in [0, 0.05) is 30.1 Å². The second kappa shape index (κ2) is 6.36. The molecule has 0 spiro atoms. The molecular formula is C18H24N2O2S. The van der Waals surface area contributed by atoms with Crippen LogP contribution in [0.4, 0.5) is 0 Å². The lowest BCUT2D eigenvalue weighted by molar-refractivity contribution is -0.138. The highest BCUT2D eigenvalue weighted by molar-refractivity contribution is 7.09. The minimum Gasteiger partial charge on any atom is -0.376 e. The van der Waals surface area contributed by atoms with E-state index in [2.05, 4.69) is 22.5 Å². The summed E-state index contributed by atoms with van der Waals surface area (Å²) in [6.07, 6.45) is 9.13. The molecular weight excluding hydrogens is 308 g/mol. The predicted molar refractivity (Wildman–Crippen MR) is 90.1 cm³/mol. The average Bonchev–Trinajstić information content (AvgIpc) is 3.31. The van der Waals surface area contributed by atoms with Crippen molar-refractivity contribution in [2.24, 2.45) is 17.8 Å². The summed E-state index contributed by atoms with van der Waals surface area (Å²) in [7, 11) is 0. The first-order valence-electron chi connectivity index (χ1n) is 8.69. The molecule has 23 heavy (non-hydrogen) atoms. The lowest BCUT2D eigenvalue weighted by Gasteiger charge is -2.29. The maximum Gasteiger partial charge on any atom is 0.226 e. The second-order valence-corrected chi connectivity index (χ2v) is 8.07. The SMILES string of the molecule is Cc1csc(CN(C[C@@H]2CCCO2)C(=O)[C@@H]2C[C@H]3C=C[C@H]2C3)n1. The van der Waals surface area contributed by atoms with E-state index in [4.69, 9.17) is 4.74 Å². The number of carbonyl (C=O) groups is 1. The predicted octanol–water partition coefficient (Wildman–Crippen LogP) is 3.17. The first-order chi connectivity index (χ1) is 11.2. The zero-order chi connectivity index (χ0) is 15.8. The van der Waals surface area contributed by atoms with E-state index in [0.29, 0.717) is 24.3 Å². The van der Waals surface area contributed by atoms with Gasteiger partial charge in [0.05, 0.1) is 12.6 Å². The molecule has 2 bridgehead atoms. The molecule has 0 radical (unpaired) electrons. The minimum atomic E-state index is 0.174. The molecule has 1 amide bonds. The molecule has 4 rings (SSSR count). The van der Waals surface area contributed by atoms with Crippen LogP contribution in [0.3, 0.4) is 0 Å². The van der Waals surface area contributed by atoms with E-state index in [0.717, 1.165) is 43.1 Å². The smallest absolute Gasteiger partial charge is 0.226 e. The zero-order valence-corrected chi connectivity index (χ0v) is 14.4. The Morgan fingerprint density at radius 1 is 1.43 bits per heavy atom. The Balaban J connectivity index is 1.48. The molecule has 1 saturated carbocycles. The van der Waals surface area contributed by atoms with Gasteiger partial charge in [-0.2, -0.15) is 0 Å². The van der Waals surface area contributed by atoms with E-state index >= 15 is 0 Å². The number of thiazole rings is 1. The molecule has 2 heterocycles. The van der Waals surface area contributed by atoms with Crippen LogP contribution < -0.4 is 0 Å². The Bertz CT molecular complexity index is 606. The summed E-state index contributed by atoms with van der Waals surface area (Å²) in [4.78, 5) is 19.7. The Labute approximate surface area is 141 Å². The molecule has 4 nitrogen and oxygen atoms in total. The molecule has 1 saturated heterocycles. The molecule has 2 aliphatic carbocycles. The molecule has 1 aliphatic heterocycles. The quantitative estimate of drug-likeness (QED) is 0.778. The highest BCUT2D eigenvalue weighted by Crippen LogP contribution is 2.44. The van der Waals surface area contributed by atoms with Crippen molar-refractivity contribution in [2.45, 2.75) is 45.3 Å². The molecule has 0 unspecified atom stereocenters. The molecule has 4 atom stereocenters. The third kappa shape index (κ3) is 3.22. The summed E-state index contributed by atoms with van der Waals surface area (Å²) >= 11 is 1.65. The topological polar surface area (TPSA) is 42.4 Å². The molecule has 2 fully saturated rings.